The highest BCUT2D eigenvalue weighted by Gasteiger charge is 2.27. The Kier molecular flexibility index (Phi) is 9.36. The number of hydrogen-bond donors (Lipinski definition) is 5. The number of carboxylic acid groups (broad SMARTS) is 1. The third-order valence-corrected chi connectivity index (χ3v) is 7.30. The van der Waals surface area contributed by atoms with E-state index in [1.54, 1.807) is 42.7 Å². The number of ketones is 1. The Morgan fingerprint density at radius 2 is 1.91 bits per heavy atom. The molecule has 9 nitrogen and oxygen atoms in total. The van der Waals surface area contributed by atoms with E-state index in [0.717, 1.165) is 0 Å². The fourth-order valence-electron chi connectivity index (χ4n) is 3.66. The van der Waals surface area contributed by atoms with Gasteiger partial charge in [0, 0.05) is 17.5 Å². The van der Waals surface area contributed by atoms with E-state index in [4.69, 9.17) is 10.8 Å². The van der Waals surface area contributed by atoms with Gasteiger partial charge in [0.1, 0.15) is 6.04 Å². The minimum absolute atomic E-state index is 0.0109. The molecule has 1 amide bonds. The Balaban J connectivity index is 1.79. The molecule has 6 N–H and O–H groups in total. The van der Waals surface area contributed by atoms with Crippen LogP contribution >= 0.6 is 11.8 Å². The largest absolute Gasteiger partial charge is 0.592 e. The lowest BCUT2D eigenvalue weighted by molar-refractivity contribution is -0.138. The second kappa shape index (κ2) is 12.2. The van der Waals surface area contributed by atoms with E-state index in [1.165, 1.54) is 11.8 Å². The SMILES string of the molecule is CSC(C[C@H](N)C(=O)O)C(=O)c1ccccc1-c1ccccc1N[S+]([O-])CN[C@H]1CCC(=O)N1. The van der Waals surface area contributed by atoms with Gasteiger partial charge in [-0.2, -0.15) is 11.8 Å². The molecule has 1 saturated heterocycles. The van der Waals surface area contributed by atoms with Crippen LogP contribution in [0.25, 0.3) is 11.1 Å². The van der Waals surface area contributed by atoms with Gasteiger partial charge in [0.2, 0.25) is 5.91 Å². The van der Waals surface area contributed by atoms with Gasteiger partial charge in [-0.15, -0.1) is 0 Å². The number of amides is 1. The molecule has 0 aliphatic carbocycles. The van der Waals surface area contributed by atoms with Crippen molar-refractivity contribution in [3.63, 3.8) is 0 Å². The third kappa shape index (κ3) is 6.73. The summed E-state index contributed by atoms with van der Waals surface area (Å²) in [6.45, 7) is 0. The van der Waals surface area contributed by atoms with Gasteiger partial charge >= 0.3 is 5.97 Å². The maximum Gasteiger partial charge on any atom is 0.320 e. The second-order valence-corrected chi connectivity index (χ2v) is 10.0. The summed E-state index contributed by atoms with van der Waals surface area (Å²) >= 11 is -0.226. The molecule has 1 aliphatic rings. The molecule has 0 radical (unpaired) electrons. The summed E-state index contributed by atoms with van der Waals surface area (Å²) in [6, 6.07) is 13.1. The topological polar surface area (TPSA) is 157 Å². The Morgan fingerprint density at radius 3 is 2.56 bits per heavy atom. The first-order valence-electron chi connectivity index (χ1n) is 10.7. The third-order valence-electron chi connectivity index (χ3n) is 5.45. The second-order valence-electron chi connectivity index (χ2n) is 7.82. The molecule has 34 heavy (non-hydrogen) atoms. The zero-order valence-electron chi connectivity index (χ0n) is 18.7. The highest BCUT2D eigenvalue weighted by molar-refractivity contribution is 8.00. The number of para-hydroxylation sites is 1. The van der Waals surface area contributed by atoms with Gasteiger partial charge in [0.25, 0.3) is 0 Å². The van der Waals surface area contributed by atoms with Crippen molar-refractivity contribution in [1.82, 2.24) is 10.6 Å². The predicted octanol–water partition coefficient (Wildman–Crippen LogP) is 1.93. The van der Waals surface area contributed by atoms with Gasteiger partial charge in [0.05, 0.1) is 28.5 Å². The molecule has 3 rings (SSSR count). The number of carboxylic acids is 1. The van der Waals surface area contributed by atoms with E-state index in [-0.39, 0.29) is 30.2 Å². The molecule has 1 aliphatic heterocycles. The standard InChI is InChI=1S/C23H28N4O5S2/c1-33-19(12-17(24)23(30)31)22(29)16-8-3-2-6-14(16)15-7-4-5-9-18(15)27-34(32)13-25-20-10-11-21(28)26-20/h2-9,17,19-20,25,27H,10-13,24H2,1H3,(H,26,28)(H,30,31)/t17-,19?,20+,34?/m0/s1. The number of carbonyl (C=O) groups is 3. The molecule has 0 aromatic heterocycles. The van der Waals surface area contributed by atoms with Crippen LogP contribution in [0.15, 0.2) is 48.5 Å². The first-order valence-corrected chi connectivity index (χ1v) is 13.3. The van der Waals surface area contributed by atoms with Crippen molar-refractivity contribution in [3.8, 4) is 11.1 Å². The van der Waals surface area contributed by atoms with Gasteiger partial charge in [-0.05, 0) is 30.7 Å². The van der Waals surface area contributed by atoms with Crippen molar-refractivity contribution in [2.24, 2.45) is 5.73 Å². The summed E-state index contributed by atoms with van der Waals surface area (Å²) in [5.74, 6) is -1.27. The maximum atomic E-state index is 13.3. The highest BCUT2D eigenvalue weighted by Crippen LogP contribution is 2.33. The number of benzene rings is 2. The van der Waals surface area contributed by atoms with Gasteiger partial charge < -0.3 is 20.7 Å². The van der Waals surface area contributed by atoms with Crippen LogP contribution in [0.1, 0.15) is 29.6 Å². The molecule has 0 bridgehead atoms. The smallest absolute Gasteiger partial charge is 0.320 e. The van der Waals surface area contributed by atoms with Crippen molar-refractivity contribution >= 4 is 46.5 Å². The molecular weight excluding hydrogens is 476 g/mol. The number of anilines is 1. The van der Waals surface area contributed by atoms with Crippen molar-refractivity contribution in [2.45, 2.75) is 36.7 Å². The van der Waals surface area contributed by atoms with Crippen LogP contribution in [0.4, 0.5) is 5.69 Å². The minimum atomic E-state index is -1.49. The van der Waals surface area contributed by atoms with E-state index in [0.29, 0.717) is 35.2 Å². The van der Waals surface area contributed by atoms with Crippen molar-refractivity contribution in [3.05, 3.63) is 54.1 Å². The molecule has 1 heterocycles. The van der Waals surface area contributed by atoms with Crippen LogP contribution in [0, 0.1) is 0 Å². The summed E-state index contributed by atoms with van der Waals surface area (Å²) in [4.78, 5) is 35.9. The van der Waals surface area contributed by atoms with Crippen LogP contribution in [0.3, 0.4) is 0 Å². The Hall–Kier alpha value is -2.57. The Bertz CT molecular complexity index is 1040. The lowest BCUT2D eigenvalue weighted by Crippen LogP contribution is -2.42. The molecule has 11 heteroatoms. The Labute approximate surface area is 205 Å². The molecule has 2 aromatic rings. The van der Waals surface area contributed by atoms with E-state index < -0.39 is 28.6 Å². The number of aliphatic carboxylic acids is 1. The highest BCUT2D eigenvalue weighted by atomic mass is 32.2. The minimum Gasteiger partial charge on any atom is -0.592 e. The average molecular weight is 505 g/mol. The maximum absolute atomic E-state index is 13.3. The van der Waals surface area contributed by atoms with Gasteiger partial charge in [-0.3, -0.25) is 19.7 Å². The molecule has 1 fully saturated rings. The van der Waals surface area contributed by atoms with E-state index in [1.807, 2.05) is 12.1 Å². The number of carbonyl (C=O) groups excluding carboxylic acids is 2. The van der Waals surface area contributed by atoms with Crippen molar-refractivity contribution in [2.75, 3.05) is 16.9 Å². The number of nitrogens with one attached hydrogen (secondary N) is 3. The van der Waals surface area contributed by atoms with Crippen LogP contribution in [-0.2, 0) is 21.0 Å². The first-order chi connectivity index (χ1) is 16.3. The summed E-state index contributed by atoms with van der Waals surface area (Å²) in [5, 5.41) is 14.4. The summed E-state index contributed by atoms with van der Waals surface area (Å²) in [6.07, 6.45) is 2.64. The summed E-state index contributed by atoms with van der Waals surface area (Å²) in [5.41, 5.74) is 8.04. The quantitative estimate of drug-likeness (QED) is 0.215. The number of hydrogen-bond acceptors (Lipinski definition) is 8. The summed E-state index contributed by atoms with van der Waals surface area (Å²) in [7, 11) is 0. The fourth-order valence-corrected chi connectivity index (χ4v) is 5.25. The first kappa shape index (κ1) is 26.0. The van der Waals surface area contributed by atoms with Crippen LogP contribution in [0.5, 0.6) is 0 Å². The van der Waals surface area contributed by atoms with E-state index >= 15 is 0 Å². The molecule has 182 valence electrons. The number of thioether (sulfide) groups is 1. The van der Waals surface area contributed by atoms with Gasteiger partial charge in [-0.25, -0.2) is 4.72 Å². The summed E-state index contributed by atoms with van der Waals surface area (Å²) < 4.78 is 15.7. The number of rotatable bonds is 12. The molecule has 4 atom stereocenters. The molecule has 0 spiro atoms. The molecule has 2 aromatic carbocycles. The van der Waals surface area contributed by atoms with E-state index in [9.17, 15) is 18.9 Å². The predicted molar refractivity (Wildman–Crippen MR) is 135 cm³/mol. The average Bonchev–Trinajstić information content (AvgIpc) is 3.26. The zero-order chi connectivity index (χ0) is 24.7. The van der Waals surface area contributed by atoms with Gasteiger partial charge in [0.15, 0.2) is 11.7 Å². The monoisotopic (exact) mass is 504 g/mol. The van der Waals surface area contributed by atoms with Crippen LogP contribution in [0.2, 0.25) is 0 Å². The van der Waals surface area contributed by atoms with Crippen LogP contribution < -0.4 is 21.1 Å². The zero-order valence-corrected chi connectivity index (χ0v) is 20.3. The lowest BCUT2D eigenvalue weighted by Gasteiger charge is -2.20. The number of nitrogens with two attached hydrogens (primary N) is 1. The van der Waals surface area contributed by atoms with Crippen molar-refractivity contribution < 1.29 is 24.0 Å². The number of Topliss-reactive ketones (excluding diaryl/α,β-unsaturated/α-hetero) is 1. The molecule has 0 saturated carbocycles. The molecular formula is C23H28N4O5S2. The normalized spacial score (nSPS) is 18.1. The lowest BCUT2D eigenvalue weighted by atomic mass is 9.93. The van der Waals surface area contributed by atoms with Gasteiger partial charge in [-0.1, -0.05) is 42.5 Å². The molecule has 2 unspecified atom stereocenters. The van der Waals surface area contributed by atoms with E-state index in [2.05, 4.69) is 15.4 Å². The van der Waals surface area contributed by atoms with Crippen LogP contribution in [-0.4, -0.2) is 56.9 Å². The van der Waals surface area contributed by atoms with Crippen molar-refractivity contribution in [1.29, 1.82) is 0 Å². The fraction of sp³-hybridized carbons (Fsp3) is 0.348. The Morgan fingerprint density at radius 1 is 1.24 bits per heavy atom.